The fraction of sp³-hybridized carbons (Fsp3) is 0.179. The van der Waals surface area contributed by atoms with E-state index < -0.39 is 0 Å². The second-order valence-corrected chi connectivity index (χ2v) is 21.9. The Kier molecular flexibility index (Phi) is 12.7. The van der Waals surface area contributed by atoms with Crippen LogP contribution in [0.4, 0.5) is 34.1 Å². The number of aromatic nitrogens is 3. The van der Waals surface area contributed by atoms with E-state index in [0.717, 1.165) is 61.9 Å². The second-order valence-electron chi connectivity index (χ2n) is 21.9. The summed E-state index contributed by atoms with van der Waals surface area (Å²) in [7, 11) is 0. The number of nitrogens with zero attached hydrogens (tertiary/aromatic N) is 5. The van der Waals surface area contributed by atoms with Crippen molar-refractivity contribution in [3.05, 3.63) is 235 Å². The standard InChI is InChI=1S/C67H63N5/c1-65(2,3)52-32-39-56(40-33-52)71(55-36-30-50(31-37-55)64-69-62(48-24-15-11-16-25-48)68-63(70-64)49-26-17-12-18-27-49)59-44-54(67(7,8)9)45-60(61(59)47-22-13-10-14-23-47)72(57-41-34-53(35-42-57)66(4,5)6)58-38-29-46-21-19-20-28-51(46)43-58/h10-45H,1-9H3. The minimum atomic E-state index is -0.221. The Morgan fingerprint density at radius 2 is 0.611 bits per heavy atom. The summed E-state index contributed by atoms with van der Waals surface area (Å²) in [4.78, 5) is 20.1. The van der Waals surface area contributed by atoms with E-state index in [2.05, 4.69) is 230 Å². The van der Waals surface area contributed by atoms with Crippen molar-refractivity contribution < 1.29 is 0 Å². The van der Waals surface area contributed by atoms with Crippen LogP contribution < -0.4 is 9.80 Å². The van der Waals surface area contributed by atoms with Crippen molar-refractivity contribution in [2.45, 2.75) is 78.6 Å². The molecule has 5 heteroatoms. The predicted molar refractivity (Wildman–Crippen MR) is 305 cm³/mol. The van der Waals surface area contributed by atoms with Gasteiger partial charge in [0.2, 0.25) is 0 Å². The van der Waals surface area contributed by atoms with Gasteiger partial charge in [-0.3, -0.25) is 0 Å². The van der Waals surface area contributed by atoms with Crippen LogP contribution in [0.2, 0.25) is 0 Å². The molecule has 9 aromatic carbocycles. The van der Waals surface area contributed by atoms with E-state index in [9.17, 15) is 0 Å². The van der Waals surface area contributed by atoms with Gasteiger partial charge in [-0.05, 0) is 122 Å². The van der Waals surface area contributed by atoms with Crippen LogP contribution in [0.3, 0.4) is 0 Å². The molecule has 0 radical (unpaired) electrons. The molecule has 72 heavy (non-hydrogen) atoms. The van der Waals surface area contributed by atoms with Crippen molar-refractivity contribution in [3.8, 4) is 45.3 Å². The molecule has 10 aromatic rings. The summed E-state index contributed by atoms with van der Waals surface area (Å²) in [5.41, 5.74) is 14.9. The number of fused-ring (bicyclic) bond motifs is 1. The fourth-order valence-electron chi connectivity index (χ4n) is 9.39. The molecule has 0 atom stereocenters. The Bertz CT molecular complexity index is 3420. The maximum absolute atomic E-state index is 5.10. The smallest absolute Gasteiger partial charge is 0.164 e. The molecule has 10 rings (SSSR count). The quantitative estimate of drug-likeness (QED) is 0.137. The van der Waals surface area contributed by atoms with Crippen LogP contribution in [0, 0.1) is 0 Å². The lowest BCUT2D eigenvalue weighted by atomic mass is 9.83. The lowest BCUT2D eigenvalue weighted by Crippen LogP contribution is -2.20. The van der Waals surface area contributed by atoms with Crippen molar-refractivity contribution in [1.29, 1.82) is 0 Å². The van der Waals surface area contributed by atoms with Crippen LogP contribution in [0.15, 0.2) is 218 Å². The van der Waals surface area contributed by atoms with Crippen LogP contribution in [0.25, 0.3) is 56.1 Å². The average Bonchev–Trinajstić information content (AvgIpc) is 3.39. The molecule has 0 saturated heterocycles. The molecule has 5 nitrogen and oxygen atoms in total. The Morgan fingerprint density at radius 1 is 0.278 bits per heavy atom. The molecular weight excluding hydrogens is 875 g/mol. The third-order valence-electron chi connectivity index (χ3n) is 13.6. The van der Waals surface area contributed by atoms with Crippen molar-refractivity contribution in [2.24, 2.45) is 0 Å². The lowest BCUT2D eigenvalue weighted by molar-refractivity contribution is 0.589. The van der Waals surface area contributed by atoms with E-state index in [0.29, 0.717) is 17.5 Å². The van der Waals surface area contributed by atoms with Crippen LogP contribution in [0.1, 0.15) is 79.0 Å². The number of rotatable bonds is 10. The van der Waals surface area contributed by atoms with E-state index in [1.807, 2.05) is 60.7 Å². The van der Waals surface area contributed by atoms with Gasteiger partial charge in [-0.1, -0.05) is 208 Å². The van der Waals surface area contributed by atoms with Crippen LogP contribution in [0.5, 0.6) is 0 Å². The molecule has 0 spiro atoms. The molecule has 1 aromatic heterocycles. The zero-order valence-electron chi connectivity index (χ0n) is 43.0. The van der Waals surface area contributed by atoms with Gasteiger partial charge in [0.25, 0.3) is 0 Å². The van der Waals surface area contributed by atoms with E-state index in [1.165, 1.54) is 27.5 Å². The van der Waals surface area contributed by atoms with Crippen molar-refractivity contribution in [1.82, 2.24) is 15.0 Å². The monoisotopic (exact) mass is 938 g/mol. The average molecular weight is 938 g/mol. The summed E-state index contributed by atoms with van der Waals surface area (Å²) in [6, 6.07) is 78.6. The molecule has 0 aliphatic rings. The molecule has 0 unspecified atom stereocenters. The third kappa shape index (κ3) is 9.93. The van der Waals surface area contributed by atoms with Crippen LogP contribution >= 0.6 is 0 Å². The molecule has 0 bridgehead atoms. The summed E-state index contributed by atoms with van der Waals surface area (Å²) >= 11 is 0. The van der Waals surface area contributed by atoms with Crippen molar-refractivity contribution >= 4 is 44.9 Å². The maximum atomic E-state index is 5.10. The topological polar surface area (TPSA) is 45.2 Å². The third-order valence-corrected chi connectivity index (χ3v) is 13.6. The minimum Gasteiger partial charge on any atom is -0.310 e. The number of hydrogen-bond donors (Lipinski definition) is 0. The van der Waals surface area contributed by atoms with Crippen LogP contribution in [-0.4, -0.2) is 15.0 Å². The van der Waals surface area contributed by atoms with Gasteiger partial charge in [0.15, 0.2) is 17.5 Å². The molecule has 0 N–H and O–H groups in total. The molecule has 0 aliphatic carbocycles. The van der Waals surface area contributed by atoms with Crippen LogP contribution in [-0.2, 0) is 16.2 Å². The molecule has 0 aliphatic heterocycles. The van der Waals surface area contributed by atoms with Gasteiger partial charge >= 0.3 is 0 Å². The molecule has 0 amide bonds. The largest absolute Gasteiger partial charge is 0.310 e. The van der Waals surface area contributed by atoms with Gasteiger partial charge in [0, 0.05) is 45.0 Å². The highest BCUT2D eigenvalue weighted by Crippen LogP contribution is 2.51. The number of benzene rings is 9. The van der Waals surface area contributed by atoms with Crippen molar-refractivity contribution in [2.75, 3.05) is 9.80 Å². The van der Waals surface area contributed by atoms with Gasteiger partial charge < -0.3 is 9.80 Å². The Balaban J connectivity index is 1.23. The summed E-state index contributed by atoms with van der Waals surface area (Å²) in [5.74, 6) is 1.88. The molecular formula is C67H63N5. The van der Waals surface area contributed by atoms with Gasteiger partial charge in [-0.25, -0.2) is 15.0 Å². The summed E-state index contributed by atoms with van der Waals surface area (Å²) < 4.78 is 0. The van der Waals surface area contributed by atoms with Gasteiger partial charge in [0.05, 0.1) is 11.4 Å². The highest BCUT2D eigenvalue weighted by atomic mass is 15.2. The van der Waals surface area contributed by atoms with E-state index in [4.69, 9.17) is 15.0 Å². The molecule has 1 heterocycles. The first-order chi connectivity index (χ1) is 34.6. The maximum Gasteiger partial charge on any atom is 0.164 e. The van der Waals surface area contributed by atoms with E-state index in [-0.39, 0.29) is 16.2 Å². The van der Waals surface area contributed by atoms with Gasteiger partial charge in [-0.2, -0.15) is 0 Å². The van der Waals surface area contributed by atoms with Gasteiger partial charge in [0.1, 0.15) is 0 Å². The number of hydrogen-bond acceptors (Lipinski definition) is 5. The number of anilines is 6. The zero-order chi connectivity index (χ0) is 50.2. The minimum absolute atomic E-state index is 0.00267. The zero-order valence-corrected chi connectivity index (χ0v) is 43.0. The second kappa shape index (κ2) is 19.2. The Hall–Kier alpha value is -8.15. The van der Waals surface area contributed by atoms with Crippen molar-refractivity contribution in [3.63, 3.8) is 0 Å². The highest BCUT2D eigenvalue weighted by Gasteiger charge is 2.29. The van der Waals surface area contributed by atoms with E-state index >= 15 is 0 Å². The Morgan fingerprint density at radius 3 is 1.03 bits per heavy atom. The molecule has 0 fully saturated rings. The van der Waals surface area contributed by atoms with E-state index in [1.54, 1.807) is 0 Å². The normalized spacial score (nSPS) is 12.0. The highest BCUT2D eigenvalue weighted by molar-refractivity contribution is 6.00. The first kappa shape index (κ1) is 47.5. The van der Waals surface area contributed by atoms with Gasteiger partial charge in [-0.15, -0.1) is 0 Å². The first-order valence-electron chi connectivity index (χ1n) is 25.1. The SMILES string of the molecule is CC(C)(C)c1ccc(N(c2ccc(-c3nc(-c4ccccc4)nc(-c4ccccc4)n3)cc2)c2cc(C(C)(C)C)cc(N(c3ccc(C(C)(C)C)cc3)c3ccc4ccccc4c3)c2-c2ccccc2)cc1. The first-order valence-corrected chi connectivity index (χ1v) is 25.1. The summed E-state index contributed by atoms with van der Waals surface area (Å²) in [5, 5.41) is 2.39. The summed E-state index contributed by atoms with van der Waals surface area (Å²) in [6.45, 7) is 20.6. The Labute approximate surface area is 426 Å². The lowest BCUT2D eigenvalue weighted by Gasteiger charge is -2.36. The summed E-state index contributed by atoms with van der Waals surface area (Å²) in [6.07, 6.45) is 0. The predicted octanol–water partition coefficient (Wildman–Crippen LogP) is 18.5. The molecule has 356 valence electrons. The molecule has 0 saturated carbocycles. The fourth-order valence-corrected chi connectivity index (χ4v) is 9.39.